The third kappa shape index (κ3) is 8.73. The zero-order chi connectivity index (χ0) is 21.8. The molecule has 0 radical (unpaired) electrons. The van der Waals surface area contributed by atoms with E-state index in [-0.39, 0.29) is 0 Å². The zero-order valence-corrected chi connectivity index (χ0v) is 18.8. The minimum absolute atomic E-state index is 0.494. The molecule has 0 heterocycles. The molecule has 2 nitrogen and oxygen atoms in total. The van der Waals surface area contributed by atoms with Crippen LogP contribution in [0.15, 0.2) is 113 Å². The SMILES string of the molecule is Cc1ccc(-c2ccccc2)cc1.Cc1ccc(Br)cc1.OB(O)C1=CC=[C+]C=C1. The molecule has 0 amide bonds. The van der Waals surface area contributed by atoms with Gasteiger partial charge in [-0.05, 0) is 37.1 Å². The average molecular weight is 460 g/mol. The summed E-state index contributed by atoms with van der Waals surface area (Å²) in [5.74, 6) is 0. The maximum absolute atomic E-state index is 8.57. The van der Waals surface area contributed by atoms with Gasteiger partial charge in [-0.1, -0.05) is 93.8 Å². The van der Waals surface area contributed by atoms with Crippen LogP contribution in [-0.4, -0.2) is 17.2 Å². The maximum atomic E-state index is 8.57. The van der Waals surface area contributed by atoms with Gasteiger partial charge in [-0.2, -0.15) is 0 Å². The summed E-state index contributed by atoms with van der Waals surface area (Å²) < 4.78 is 1.14. The standard InChI is InChI=1S/C13H12.C7H7Br.C6H6BO2/c1-11-7-9-13(10-8-11)12-5-3-2-4-6-12;1-6-2-4-7(8)5-3-6;8-7(9)6-4-2-1-3-5-6/h2-10H,1H3;2-5H,1H3;2-5,8-9H/q;;+1. The van der Waals surface area contributed by atoms with E-state index >= 15 is 0 Å². The lowest BCUT2D eigenvalue weighted by Gasteiger charge is -2.00. The molecule has 1 aliphatic rings. The normalized spacial score (nSPS) is 11.2. The summed E-state index contributed by atoms with van der Waals surface area (Å²) in [5, 5.41) is 17.1. The van der Waals surface area contributed by atoms with Gasteiger partial charge in [0, 0.05) is 22.7 Å². The molecule has 0 spiro atoms. The van der Waals surface area contributed by atoms with Crippen molar-refractivity contribution >= 4 is 23.0 Å². The van der Waals surface area contributed by atoms with Crippen LogP contribution < -0.4 is 0 Å². The molecule has 1 aliphatic carbocycles. The monoisotopic (exact) mass is 459 g/mol. The third-order valence-electron chi connectivity index (χ3n) is 4.21. The first-order chi connectivity index (χ1) is 14.5. The summed E-state index contributed by atoms with van der Waals surface area (Å²) in [6.07, 6.45) is 9.24. The van der Waals surface area contributed by atoms with Gasteiger partial charge in [-0.3, -0.25) is 0 Å². The van der Waals surface area contributed by atoms with Crippen LogP contribution in [0.3, 0.4) is 0 Å². The third-order valence-corrected chi connectivity index (χ3v) is 4.74. The fourth-order valence-electron chi connectivity index (χ4n) is 2.48. The van der Waals surface area contributed by atoms with Crippen molar-refractivity contribution < 1.29 is 10.0 Å². The Hall–Kier alpha value is -2.75. The van der Waals surface area contributed by atoms with E-state index in [9.17, 15) is 0 Å². The molecule has 2 N–H and O–H groups in total. The van der Waals surface area contributed by atoms with Crippen molar-refractivity contribution in [3.05, 3.63) is 130 Å². The Morgan fingerprint density at radius 3 is 1.70 bits per heavy atom. The predicted molar refractivity (Wildman–Crippen MR) is 131 cm³/mol. The maximum Gasteiger partial charge on any atom is 0.517 e. The van der Waals surface area contributed by atoms with E-state index in [0.717, 1.165) is 4.47 Å². The van der Waals surface area contributed by atoms with Crippen LogP contribution in [0.25, 0.3) is 11.1 Å². The molecule has 0 aliphatic heterocycles. The topological polar surface area (TPSA) is 40.5 Å². The Morgan fingerprint density at radius 2 is 1.27 bits per heavy atom. The van der Waals surface area contributed by atoms with E-state index in [1.165, 1.54) is 22.3 Å². The fraction of sp³-hybridized carbons (Fsp3) is 0.0769. The van der Waals surface area contributed by atoms with Crippen LogP contribution in [0.5, 0.6) is 0 Å². The second kappa shape index (κ2) is 12.7. The number of hydrogen-bond donors (Lipinski definition) is 2. The van der Waals surface area contributed by atoms with E-state index in [4.69, 9.17) is 10.0 Å². The number of aryl methyl sites for hydroxylation is 2. The van der Waals surface area contributed by atoms with Gasteiger partial charge in [-0.15, -0.1) is 0 Å². The summed E-state index contributed by atoms with van der Waals surface area (Å²) in [6, 6.07) is 27.2. The van der Waals surface area contributed by atoms with Gasteiger partial charge < -0.3 is 10.0 Å². The molecule has 0 unspecified atom stereocenters. The first-order valence-corrected chi connectivity index (χ1v) is 10.4. The predicted octanol–water partition coefficient (Wildman–Crippen LogP) is 6.27. The zero-order valence-electron chi connectivity index (χ0n) is 17.2. The lowest BCUT2D eigenvalue weighted by atomic mass is 9.78. The Balaban J connectivity index is 0.000000167. The van der Waals surface area contributed by atoms with Gasteiger partial charge in [0.25, 0.3) is 0 Å². The minimum Gasteiger partial charge on any atom is -0.422 e. The number of hydrogen-bond acceptors (Lipinski definition) is 2. The second-order valence-corrected chi connectivity index (χ2v) is 7.65. The molecule has 0 aromatic heterocycles. The molecule has 3 aromatic carbocycles. The van der Waals surface area contributed by atoms with Crippen LogP contribution in [0.4, 0.5) is 0 Å². The van der Waals surface area contributed by atoms with E-state index in [1.807, 2.05) is 18.2 Å². The highest BCUT2D eigenvalue weighted by atomic mass is 79.9. The molecular formula is C26H25BBrO2+. The number of allylic oxidation sites excluding steroid dienone is 6. The van der Waals surface area contributed by atoms with E-state index in [1.54, 1.807) is 24.3 Å². The van der Waals surface area contributed by atoms with Crippen molar-refractivity contribution in [3.63, 3.8) is 0 Å². The van der Waals surface area contributed by atoms with E-state index in [2.05, 4.69) is 96.5 Å². The highest BCUT2D eigenvalue weighted by Gasteiger charge is 2.17. The summed E-state index contributed by atoms with van der Waals surface area (Å²) in [5.41, 5.74) is 5.66. The summed E-state index contributed by atoms with van der Waals surface area (Å²) >= 11 is 3.35. The molecule has 3 aromatic rings. The molecule has 0 fully saturated rings. The van der Waals surface area contributed by atoms with Crippen molar-refractivity contribution in [2.24, 2.45) is 0 Å². The van der Waals surface area contributed by atoms with Gasteiger partial charge in [-0.25, -0.2) is 0 Å². The van der Waals surface area contributed by atoms with E-state index in [0.29, 0.717) is 5.47 Å². The smallest absolute Gasteiger partial charge is 0.422 e. The van der Waals surface area contributed by atoms with Crippen molar-refractivity contribution in [2.75, 3.05) is 0 Å². The van der Waals surface area contributed by atoms with Gasteiger partial charge in [0.2, 0.25) is 0 Å². The van der Waals surface area contributed by atoms with Crippen molar-refractivity contribution in [2.45, 2.75) is 13.8 Å². The molecule has 4 heteroatoms. The Bertz CT molecular complexity index is 953. The number of rotatable bonds is 2. The number of halogens is 1. The van der Waals surface area contributed by atoms with E-state index < -0.39 is 7.12 Å². The van der Waals surface area contributed by atoms with Crippen LogP contribution >= 0.6 is 15.9 Å². The fourth-order valence-corrected chi connectivity index (χ4v) is 2.75. The highest BCUT2D eigenvalue weighted by Crippen LogP contribution is 2.18. The first kappa shape index (κ1) is 23.5. The lowest BCUT2D eigenvalue weighted by Crippen LogP contribution is -2.13. The summed E-state index contributed by atoms with van der Waals surface area (Å²) in [7, 11) is -1.36. The molecule has 0 saturated carbocycles. The lowest BCUT2D eigenvalue weighted by molar-refractivity contribution is 0.420. The number of benzene rings is 3. The van der Waals surface area contributed by atoms with Crippen LogP contribution in [0, 0.1) is 19.9 Å². The molecule has 4 rings (SSSR count). The van der Waals surface area contributed by atoms with Crippen molar-refractivity contribution in [3.8, 4) is 11.1 Å². The van der Waals surface area contributed by atoms with Gasteiger partial charge in [0.1, 0.15) is 12.2 Å². The first-order valence-electron chi connectivity index (χ1n) is 9.62. The quantitative estimate of drug-likeness (QED) is 0.350. The van der Waals surface area contributed by atoms with Crippen LogP contribution in [0.1, 0.15) is 11.1 Å². The van der Waals surface area contributed by atoms with Gasteiger partial charge in [0.05, 0.1) is 5.47 Å². The molecular weight excluding hydrogens is 435 g/mol. The molecule has 30 heavy (non-hydrogen) atoms. The highest BCUT2D eigenvalue weighted by molar-refractivity contribution is 9.10. The van der Waals surface area contributed by atoms with Crippen LogP contribution in [-0.2, 0) is 0 Å². The largest absolute Gasteiger partial charge is 0.517 e. The second-order valence-electron chi connectivity index (χ2n) is 6.73. The Kier molecular flexibility index (Phi) is 9.99. The Labute approximate surface area is 188 Å². The van der Waals surface area contributed by atoms with Gasteiger partial charge >= 0.3 is 7.12 Å². The average Bonchev–Trinajstić information content (AvgIpc) is 2.78. The molecule has 0 saturated heterocycles. The summed E-state index contributed by atoms with van der Waals surface area (Å²) in [6.45, 7) is 4.18. The molecule has 0 bridgehead atoms. The van der Waals surface area contributed by atoms with Gasteiger partial charge in [0.15, 0.2) is 0 Å². The molecule has 0 atom stereocenters. The minimum atomic E-state index is -1.36. The van der Waals surface area contributed by atoms with Crippen molar-refractivity contribution in [1.29, 1.82) is 0 Å². The molecule has 150 valence electrons. The Morgan fingerprint density at radius 1 is 0.733 bits per heavy atom. The summed E-state index contributed by atoms with van der Waals surface area (Å²) in [4.78, 5) is 0. The van der Waals surface area contributed by atoms with Crippen LogP contribution in [0.2, 0.25) is 0 Å². The van der Waals surface area contributed by atoms with Crippen molar-refractivity contribution in [1.82, 2.24) is 0 Å².